The zero-order chi connectivity index (χ0) is 21.7. The number of hydrogen-bond donors (Lipinski definition) is 1. The Morgan fingerprint density at radius 1 is 1.03 bits per heavy atom. The maximum Gasteiger partial charge on any atom is 0.254 e. The quantitative estimate of drug-likeness (QED) is 0.754. The summed E-state index contributed by atoms with van der Waals surface area (Å²) in [5, 5.41) is 3.10. The highest BCUT2D eigenvalue weighted by molar-refractivity contribution is 5.96. The first-order chi connectivity index (χ1) is 15.1. The van der Waals surface area contributed by atoms with Crippen LogP contribution < -0.4 is 10.1 Å². The van der Waals surface area contributed by atoms with E-state index in [4.69, 9.17) is 4.74 Å². The number of piperidine rings is 1. The number of amides is 2. The second-order valence-corrected chi connectivity index (χ2v) is 8.84. The fraction of sp³-hybridized carbons (Fsp3) is 0.462. The highest BCUT2D eigenvalue weighted by Gasteiger charge is 2.43. The van der Waals surface area contributed by atoms with E-state index < -0.39 is 5.41 Å². The molecule has 2 amide bonds. The van der Waals surface area contributed by atoms with Crippen molar-refractivity contribution in [2.24, 2.45) is 5.41 Å². The Hall–Kier alpha value is -2.82. The lowest BCUT2D eigenvalue weighted by atomic mass is 9.74. The van der Waals surface area contributed by atoms with Crippen LogP contribution in [0.25, 0.3) is 0 Å². The summed E-state index contributed by atoms with van der Waals surface area (Å²) in [6, 6.07) is 15.9. The van der Waals surface area contributed by atoms with Crippen molar-refractivity contribution in [3.05, 3.63) is 65.2 Å². The summed E-state index contributed by atoms with van der Waals surface area (Å²) >= 11 is 0. The second-order valence-electron chi connectivity index (χ2n) is 8.84. The first kappa shape index (κ1) is 21.4. The minimum atomic E-state index is -0.519. The molecule has 0 aliphatic carbocycles. The molecule has 0 aromatic heterocycles. The third kappa shape index (κ3) is 4.76. The minimum Gasteiger partial charge on any atom is -0.491 e. The molecule has 0 saturated carbocycles. The topological polar surface area (TPSA) is 58.6 Å². The number of aryl methyl sites for hydroxylation is 2. The molecule has 1 unspecified atom stereocenters. The summed E-state index contributed by atoms with van der Waals surface area (Å²) in [4.78, 5) is 28.5. The van der Waals surface area contributed by atoms with Crippen molar-refractivity contribution in [3.63, 3.8) is 0 Å². The van der Waals surface area contributed by atoms with Gasteiger partial charge in [0.25, 0.3) is 5.91 Å². The van der Waals surface area contributed by atoms with Gasteiger partial charge in [-0.2, -0.15) is 0 Å². The number of hydrogen-bond acceptors (Lipinski definition) is 3. The van der Waals surface area contributed by atoms with Crippen LogP contribution in [0.4, 0.5) is 0 Å². The molecule has 2 aromatic carbocycles. The van der Waals surface area contributed by atoms with Crippen LogP contribution in [0.15, 0.2) is 48.5 Å². The van der Waals surface area contributed by atoms with E-state index in [1.165, 1.54) is 5.56 Å². The summed E-state index contributed by atoms with van der Waals surface area (Å²) in [5.41, 5.74) is 2.42. The van der Waals surface area contributed by atoms with Crippen LogP contribution in [-0.2, 0) is 11.2 Å². The van der Waals surface area contributed by atoms with Gasteiger partial charge in [0.15, 0.2) is 0 Å². The molecular formula is C26H32N2O3. The van der Waals surface area contributed by atoms with Crippen LogP contribution in [0.5, 0.6) is 5.75 Å². The smallest absolute Gasteiger partial charge is 0.254 e. The molecule has 4 rings (SSSR count). The maximum atomic E-state index is 13.3. The molecule has 1 spiro atoms. The Morgan fingerprint density at radius 2 is 1.81 bits per heavy atom. The van der Waals surface area contributed by atoms with Gasteiger partial charge in [-0.3, -0.25) is 9.59 Å². The van der Waals surface area contributed by atoms with E-state index in [1.54, 1.807) is 0 Å². The average Bonchev–Trinajstić information content (AvgIpc) is 2.79. The summed E-state index contributed by atoms with van der Waals surface area (Å²) < 4.78 is 5.94. The van der Waals surface area contributed by atoms with Crippen LogP contribution >= 0.6 is 0 Å². The van der Waals surface area contributed by atoms with E-state index in [2.05, 4.69) is 11.4 Å². The van der Waals surface area contributed by atoms with Crippen molar-refractivity contribution in [3.8, 4) is 5.75 Å². The molecule has 1 atom stereocenters. The van der Waals surface area contributed by atoms with Gasteiger partial charge in [0.1, 0.15) is 12.4 Å². The fourth-order valence-corrected chi connectivity index (χ4v) is 4.93. The third-order valence-corrected chi connectivity index (χ3v) is 6.69. The van der Waals surface area contributed by atoms with Gasteiger partial charge < -0.3 is 15.0 Å². The van der Waals surface area contributed by atoms with Crippen LogP contribution in [0.2, 0.25) is 0 Å². The molecule has 0 bridgehead atoms. The Morgan fingerprint density at radius 3 is 2.68 bits per heavy atom. The number of carbonyl (C=O) groups excluding carboxylic acids is 2. The van der Waals surface area contributed by atoms with E-state index in [-0.39, 0.29) is 11.8 Å². The molecule has 5 nitrogen and oxygen atoms in total. The molecule has 2 heterocycles. The maximum absolute atomic E-state index is 13.3. The molecule has 1 N–H and O–H groups in total. The van der Waals surface area contributed by atoms with Crippen LogP contribution in [-0.4, -0.2) is 43.0 Å². The number of para-hydroxylation sites is 1. The monoisotopic (exact) mass is 420 g/mol. The van der Waals surface area contributed by atoms with E-state index >= 15 is 0 Å². The van der Waals surface area contributed by atoms with Gasteiger partial charge in [-0.25, -0.2) is 0 Å². The highest BCUT2D eigenvalue weighted by atomic mass is 16.5. The number of fused-ring (bicyclic) bond motifs is 1. The first-order valence-electron chi connectivity index (χ1n) is 11.4. The van der Waals surface area contributed by atoms with Gasteiger partial charge in [0.05, 0.1) is 12.0 Å². The Balaban J connectivity index is 1.51. The van der Waals surface area contributed by atoms with Gasteiger partial charge >= 0.3 is 0 Å². The lowest BCUT2D eigenvalue weighted by Gasteiger charge is -2.42. The Labute approximate surface area is 184 Å². The summed E-state index contributed by atoms with van der Waals surface area (Å²) in [5.74, 6) is 1.01. The molecule has 5 heteroatoms. The summed E-state index contributed by atoms with van der Waals surface area (Å²) in [6.45, 7) is 4.08. The average molecular weight is 421 g/mol. The van der Waals surface area contributed by atoms with Gasteiger partial charge in [0, 0.05) is 18.7 Å². The predicted octanol–water partition coefficient (Wildman–Crippen LogP) is 4.14. The summed E-state index contributed by atoms with van der Waals surface area (Å²) in [7, 11) is 0. The molecular weight excluding hydrogens is 388 g/mol. The molecule has 1 saturated heterocycles. The number of nitrogens with one attached hydrogen (secondary N) is 1. The largest absolute Gasteiger partial charge is 0.491 e. The second kappa shape index (κ2) is 9.54. The number of nitrogens with zero attached hydrogens (tertiary/aromatic N) is 1. The lowest BCUT2D eigenvalue weighted by Crippen LogP contribution is -2.54. The normalized spacial score (nSPS) is 22.5. The minimum absolute atomic E-state index is 0.0355. The van der Waals surface area contributed by atoms with Crippen LogP contribution in [0.3, 0.4) is 0 Å². The SMILES string of the molecule is Cc1ccccc1C(=O)N1CCCC2(CCCCc3ccccc3OCCNC2=O)C1. The van der Waals surface area contributed by atoms with Crippen molar-refractivity contribution in [1.82, 2.24) is 10.2 Å². The molecule has 164 valence electrons. The molecule has 2 aliphatic rings. The molecule has 31 heavy (non-hydrogen) atoms. The number of rotatable bonds is 1. The number of benzene rings is 2. The standard InChI is InChI=1S/C26H32N2O3/c1-20-9-2-4-12-22(20)24(29)28-17-8-15-26(19-28)14-7-6-11-21-10-3-5-13-23(21)31-18-16-27-25(26)30/h2-5,9-10,12-13H,6-8,11,14-19H2,1H3,(H,27,30). The number of ether oxygens (including phenoxy) is 1. The van der Waals surface area contributed by atoms with E-state index in [0.29, 0.717) is 26.2 Å². The molecule has 2 aromatic rings. The molecule has 1 fully saturated rings. The predicted molar refractivity (Wildman–Crippen MR) is 121 cm³/mol. The zero-order valence-corrected chi connectivity index (χ0v) is 18.4. The van der Waals surface area contributed by atoms with Gasteiger partial charge in [-0.05, 0) is 62.3 Å². The van der Waals surface area contributed by atoms with Crippen LogP contribution in [0, 0.1) is 12.3 Å². The van der Waals surface area contributed by atoms with E-state index in [1.807, 2.05) is 54.3 Å². The van der Waals surface area contributed by atoms with Crippen molar-refractivity contribution >= 4 is 11.8 Å². The van der Waals surface area contributed by atoms with Gasteiger partial charge in [-0.1, -0.05) is 42.8 Å². The van der Waals surface area contributed by atoms with Crippen molar-refractivity contribution in [2.45, 2.75) is 45.4 Å². The first-order valence-corrected chi connectivity index (χ1v) is 11.4. The third-order valence-electron chi connectivity index (χ3n) is 6.69. The molecule has 0 radical (unpaired) electrons. The van der Waals surface area contributed by atoms with E-state index in [9.17, 15) is 9.59 Å². The lowest BCUT2D eigenvalue weighted by molar-refractivity contribution is -0.134. The molecule has 2 aliphatic heterocycles. The van der Waals surface area contributed by atoms with Crippen molar-refractivity contribution < 1.29 is 14.3 Å². The van der Waals surface area contributed by atoms with Gasteiger partial charge in [-0.15, -0.1) is 0 Å². The van der Waals surface area contributed by atoms with Gasteiger partial charge in [0.2, 0.25) is 5.91 Å². The number of carbonyl (C=O) groups is 2. The zero-order valence-electron chi connectivity index (χ0n) is 18.4. The number of likely N-dealkylation sites (tertiary alicyclic amines) is 1. The fourth-order valence-electron chi connectivity index (χ4n) is 4.93. The van der Waals surface area contributed by atoms with E-state index in [0.717, 1.165) is 55.4 Å². The van der Waals surface area contributed by atoms with Crippen molar-refractivity contribution in [2.75, 3.05) is 26.2 Å². The highest BCUT2D eigenvalue weighted by Crippen LogP contribution is 2.37. The van der Waals surface area contributed by atoms with Crippen LogP contribution in [0.1, 0.15) is 53.6 Å². The summed E-state index contributed by atoms with van der Waals surface area (Å²) in [6.07, 6.45) is 5.38. The Kier molecular flexibility index (Phi) is 6.59. The van der Waals surface area contributed by atoms with Crippen molar-refractivity contribution in [1.29, 1.82) is 0 Å². The Bertz CT molecular complexity index is 942.